The third-order valence-corrected chi connectivity index (χ3v) is 2.22. The number of hydrogen-bond donors (Lipinski definition) is 0. The normalized spacial score (nSPS) is 14.9. The highest BCUT2D eigenvalue weighted by molar-refractivity contribution is 5.38. The molecule has 1 aliphatic rings. The Morgan fingerprint density at radius 3 is 2.07 bits per heavy atom. The van der Waals surface area contributed by atoms with Crippen molar-refractivity contribution in [3.05, 3.63) is 6.07 Å². The maximum Gasteiger partial charge on any atom is 0.231 e. The fourth-order valence-electron chi connectivity index (χ4n) is 1.26. The van der Waals surface area contributed by atoms with Crippen LogP contribution >= 0.6 is 0 Å². The molecule has 1 aromatic heterocycles. The molecule has 1 aliphatic heterocycles. The first kappa shape index (κ1) is 9.05. The van der Waals surface area contributed by atoms with Gasteiger partial charge in [0.25, 0.3) is 0 Å². The molecule has 0 aliphatic carbocycles. The summed E-state index contributed by atoms with van der Waals surface area (Å²) in [4.78, 5) is 10.6. The number of ether oxygens (including phenoxy) is 2. The lowest BCUT2D eigenvalue weighted by atomic mass is 10.2. The molecular weight excluding hydrogens is 182 g/mol. The molecule has 2 rings (SSSR count). The van der Waals surface area contributed by atoms with Crippen molar-refractivity contribution in [2.75, 3.05) is 32.2 Å². The van der Waals surface area contributed by atoms with Crippen LogP contribution in [0.15, 0.2) is 6.07 Å². The number of nitrogens with zero attached hydrogens (tertiary/aromatic N) is 3. The minimum absolute atomic E-state index is 0.541. The highest BCUT2D eigenvalue weighted by atomic mass is 16.5. The topological polar surface area (TPSA) is 47.5 Å². The third-order valence-electron chi connectivity index (χ3n) is 2.22. The van der Waals surface area contributed by atoms with Gasteiger partial charge in [0.1, 0.15) is 0 Å². The monoisotopic (exact) mass is 195 g/mol. The molecule has 0 unspecified atom stereocenters. The van der Waals surface area contributed by atoms with Gasteiger partial charge in [-0.1, -0.05) is 0 Å². The zero-order valence-electron chi connectivity index (χ0n) is 8.36. The predicted molar refractivity (Wildman–Crippen MR) is 52.0 cm³/mol. The fraction of sp³-hybridized carbons (Fsp3) is 0.556. The molecule has 1 saturated heterocycles. The first-order valence-electron chi connectivity index (χ1n) is 4.55. The van der Waals surface area contributed by atoms with Crippen molar-refractivity contribution in [1.82, 2.24) is 9.97 Å². The van der Waals surface area contributed by atoms with E-state index in [-0.39, 0.29) is 0 Å². The summed E-state index contributed by atoms with van der Waals surface area (Å²) in [6.45, 7) is 2.02. The molecule has 0 aromatic carbocycles. The van der Waals surface area contributed by atoms with E-state index in [2.05, 4.69) is 14.9 Å². The molecule has 0 saturated carbocycles. The lowest BCUT2D eigenvalue weighted by Gasteiger charge is -2.30. The van der Waals surface area contributed by atoms with Crippen LogP contribution in [0.1, 0.15) is 6.42 Å². The lowest BCUT2D eigenvalue weighted by Crippen LogP contribution is -2.38. The highest BCUT2D eigenvalue weighted by Crippen LogP contribution is 2.22. The Balaban J connectivity index is 2.28. The second kappa shape index (κ2) is 3.69. The summed E-state index contributed by atoms with van der Waals surface area (Å²) in [7, 11) is 3.17. The average molecular weight is 195 g/mol. The summed E-state index contributed by atoms with van der Waals surface area (Å²) < 4.78 is 10.1. The molecule has 5 heteroatoms. The molecule has 0 bridgehead atoms. The smallest absolute Gasteiger partial charge is 0.231 e. The first-order chi connectivity index (χ1) is 6.83. The van der Waals surface area contributed by atoms with Crippen LogP contribution in [0.3, 0.4) is 0 Å². The summed E-state index contributed by atoms with van der Waals surface area (Å²) in [5.74, 6) is 1.77. The second-order valence-corrected chi connectivity index (χ2v) is 3.09. The van der Waals surface area contributed by atoms with E-state index >= 15 is 0 Å². The molecule has 0 amide bonds. The van der Waals surface area contributed by atoms with Crippen molar-refractivity contribution in [1.29, 1.82) is 0 Å². The van der Waals surface area contributed by atoms with Crippen LogP contribution in [-0.2, 0) is 0 Å². The van der Waals surface area contributed by atoms with Crippen LogP contribution in [0, 0.1) is 0 Å². The Hall–Kier alpha value is -1.52. The molecule has 14 heavy (non-hydrogen) atoms. The minimum atomic E-state index is 0.541. The Bertz CT molecular complexity index is 304. The zero-order chi connectivity index (χ0) is 9.97. The van der Waals surface area contributed by atoms with Crippen LogP contribution in [0.4, 0.5) is 5.95 Å². The summed E-state index contributed by atoms with van der Waals surface area (Å²) in [6.07, 6.45) is 1.20. The quantitative estimate of drug-likeness (QED) is 0.710. The first-order valence-corrected chi connectivity index (χ1v) is 4.55. The van der Waals surface area contributed by atoms with E-state index in [1.165, 1.54) is 6.42 Å². The SMILES string of the molecule is COc1cc(OC)nc(N2CCC2)n1. The Labute approximate surface area is 82.7 Å². The third kappa shape index (κ3) is 1.57. The van der Waals surface area contributed by atoms with E-state index in [0.717, 1.165) is 13.1 Å². The molecule has 1 aromatic rings. The Morgan fingerprint density at radius 2 is 1.71 bits per heavy atom. The second-order valence-electron chi connectivity index (χ2n) is 3.09. The van der Waals surface area contributed by atoms with Gasteiger partial charge in [-0.05, 0) is 6.42 Å². The fourth-order valence-corrected chi connectivity index (χ4v) is 1.26. The van der Waals surface area contributed by atoms with Gasteiger partial charge in [0.05, 0.1) is 20.3 Å². The maximum atomic E-state index is 5.06. The molecule has 5 nitrogen and oxygen atoms in total. The van der Waals surface area contributed by atoms with Crippen molar-refractivity contribution in [3.8, 4) is 11.8 Å². The van der Waals surface area contributed by atoms with E-state index in [0.29, 0.717) is 17.7 Å². The number of anilines is 1. The Kier molecular flexibility index (Phi) is 2.39. The van der Waals surface area contributed by atoms with Gasteiger partial charge in [0.15, 0.2) is 0 Å². The van der Waals surface area contributed by atoms with Gasteiger partial charge in [-0.3, -0.25) is 0 Å². The van der Waals surface area contributed by atoms with E-state index in [4.69, 9.17) is 9.47 Å². The van der Waals surface area contributed by atoms with Crippen LogP contribution in [-0.4, -0.2) is 37.3 Å². The van der Waals surface area contributed by atoms with Gasteiger partial charge >= 0.3 is 0 Å². The maximum absolute atomic E-state index is 5.06. The van der Waals surface area contributed by atoms with Crippen molar-refractivity contribution >= 4 is 5.95 Å². The molecule has 0 spiro atoms. The molecule has 0 atom stereocenters. The summed E-state index contributed by atoms with van der Waals surface area (Å²) >= 11 is 0. The van der Waals surface area contributed by atoms with Crippen LogP contribution in [0.2, 0.25) is 0 Å². The largest absolute Gasteiger partial charge is 0.481 e. The average Bonchev–Trinajstić information content (AvgIpc) is 2.14. The van der Waals surface area contributed by atoms with Crippen molar-refractivity contribution in [2.45, 2.75) is 6.42 Å². The molecule has 2 heterocycles. The number of aromatic nitrogens is 2. The van der Waals surface area contributed by atoms with E-state index in [9.17, 15) is 0 Å². The molecule has 0 N–H and O–H groups in total. The Morgan fingerprint density at radius 1 is 1.14 bits per heavy atom. The standard InChI is InChI=1S/C9H13N3O2/c1-13-7-6-8(14-2)11-9(10-7)12-4-3-5-12/h6H,3-5H2,1-2H3. The van der Waals surface area contributed by atoms with Gasteiger partial charge in [0, 0.05) is 13.1 Å². The van der Waals surface area contributed by atoms with Gasteiger partial charge < -0.3 is 14.4 Å². The molecule has 0 radical (unpaired) electrons. The molecular formula is C9H13N3O2. The van der Waals surface area contributed by atoms with Gasteiger partial charge in [-0.2, -0.15) is 9.97 Å². The van der Waals surface area contributed by atoms with Crippen molar-refractivity contribution in [2.24, 2.45) is 0 Å². The van der Waals surface area contributed by atoms with Gasteiger partial charge in [0.2, 0.25) is 17.7 Å². The number of methoxy groups -OCH3 is 2. The van der Waals surface area contributed by atoms with Crippen LogP contribution in [0.5, 0.6) is 11.8 Å². The van der Waals surface area contributed by atoms with E-state index in [1.807, 2.05) is 0 Å². The van der Waals surface area contributed by atoms with Gasteiger partial charge in [-0.15, -0.1) is 0 Å². The lowest BCUT2D eigenvalue weighted by molar-refractivity contribution is 0.370. The summed E-state index contributed by atoms with van der Waals surface area (Å²) in [6, 6.07) is 1.67. The van der Waals surface area contributed by atoms with Gasteiger partial charge in [-0.25, -0.2) is 0 Å². The van der Waals surface area contributed by atoms with Crippen molar-refractivity contribution < 1.29 is 9.47 Å². The van der Waals surface area contributed by atoms with Crippen molar-refractivity contribution in [3.63, 3.8) is 0 Å². The minimum Gasteiger partial charge on any atom is -0.481 e. The summed E-state index contributed by atoms with van der Waals surface area (Å²) in [5, 5.41) is 0. The highest BCUT2D eigenvalue weighted by Gasteiger charge is 2.18. The van der Waals surface area contributed by atoms with Crippen LogP contribution in [0.25, 0.3) is 0 Å². The summed E-state index contributed by atoms with van der Waals surface area (Å²) in [5.41, 5.74) is 0. The predicted octanol–water partition coefficient (Wildman–Crippen LogP) is 0.704. The van der Waals surface area contributed by atoms with E-state index < -0.39 is 0 Å². The molecule has 76 valence electrons. The zero-order valence-corrected chi connectivity index (χ0v) is 8.36. The molecule has 1 fully saturated rings. The van der Waals surface area contributed by atoms with Crippen LogP contribution < -0.4 is 14.4 Å². The number of hydrogen-bond acceptors (Lipinski definition) is 5. The number of rotatable bonds is 3. The van der Waals surface area contributed by atoms with E-state index in [1.54, 1.807) is 20.3 Å².